The van der Waals surface area contributed by atoms with Crippen molar-refractivity contribution >= 4 is 46.4 Å². The average Bonchev–Trinajstić information content (AvgIpc) is 4.08. The zero-order chi connectivity index (χ0) is 39.3. The second-order valence-corrected chi connectivity index (χ2v) is 15.2. The van der Waals surface area contributed by atoms with Crippen LogP contribution in [0.5, 0.6) is 0 Å². The highest BCUT2D eigenvalue weighted by atomic mass is 14.8. The smallest absolute Gasteiger partial charge is 0.0892 e. The molecule has 0 fully saturated rings. The fourth-order valence-electron chi connectivity index (χ4n) is 7.98. The normalized spacial score (nSPS) is 12.0. The Morgan fingerprint density at radius 1 is 0.328 bits per heavy atom. The summed E-state index contributed by atoms with van der Waals surface area (Å²) in [5.41, 5.74) is 22.0. The van der Waals surface area contributed by atoms with Gasteiger partial charge in [-0.05, 0) is 128 Å². The van der Waals surface area contributed by atoms with Gasteiger partial charge in [0.25, 0.3) is 0 Å². The van der Waals surface area contributed by atoms with Gasteiger partial charge >= 0.3 is 0 Å². The first-order chi connectivity index (χ1) is 28.3. The van der Waals surface area contributed by atoms with Gasteiger partial charge in [0, 0.05) is 56.7 Å². The first kappa shape index (κ1) is 35.0. The fraction of sp³-hybridized carbons (Fsp3) is 0.0769. The molecule has 6 nitrogen and oxygen atoms in total. The molecule has 0 saturated heterocycles. The van der Waals surface area contributed by atoms with Gasteiger partial charge in [0.15, 0.2) is 0 Å². The van der Waals surface area contributed by atoms with E-state index in [9.17, 15) is 0 Å². The fourth-order valence-corrected chi connectivity index (χ4v) is 7.98. The second kappa shape index (κ2) is 14.3. The van der Waals surface area contributed by atoms with E-state index in [1.165, 1.54) is 16.7 Å². The molecule has 6 heteroatoms. The molecular weight excluding hydrogens is 709 g/mol. The van der Waals surface area contributed by atoms with Crippen LogP contribution in [0.4, 0.5) is 0 Å². The number of hydrogen-bond acceptors (Lipinski definition) is 4. The largest absolute Gasteiger partial charge is 0.354 e. The third-order valence-corrected chi connectivity index (χ3v) is 11.0. The highest BCUT2D eigenvalue weighted by Gasteiger charge is 2.19. The van der Waals surface area contributed by atoms with Gasteiger partial charge in [0.2, 0.25) is 0 Å². The molecule has 0 amide bonds. The van der Waals surface area contributed by atoms with Gasteiger partial charge in [0.1, 0.15) is 0 Å². The summed E-state index contributed by atoms with van der Waals surface area (Å²) < 4.78 is 0. The predicted molar refractivity (Wildman–Crippen MR) is 241 cm³/mol. The predicted octanol–water partition coefficient (Wildman–Crippen LogP) is 13.0. The van der Waals surface area contributed by atoms with E-state index in [0.29, 0.717) is 0 Å². The Kier molecular flexibility index (Phi) is 8.60. The van der Waals surface area contributed by atoms with Gasteiger partial charge in [-0.2, -0.15) is 0 Å². The minimum atomic E-state index is 0.797. The molecule has 2 N–H and O–H groups in total. The number of nitrogens with zero attached hydrogens (tertiary/aromatic N) is 4. The lowest BCUT2D eigenvalue weighted by Crippen LogP contribution is -1.92. The number of hydrogen-bond donors (Lipinski definition) is 2. The Morgan fingerprint density at radius 2 is 0.672 bits per heavy atom. The lowest BCUT2D eigenvalue weighted by Gasteiger charge is -2.08. The lowest BCUT2D eigenvalue weighted by molar-refractivity contribution is 1.23. The molecule has 10 rings (SSSR count). The van der Waals surface area contributed by atoms with Crippen molar-refractivity contribution in [2.75, 3.05) is 0 Å². The molecule has 2 aliphatic heterocycles. The van der Waals surface area contributed by atoms with Crippen molar-refractivity contribution in [3.8, 4) is 55.9 Å². The molecule has 8 aromatic rings. The summed E-state index contributed by atoms with van der Waals surface area (Å²) in [7, 11) is 0. The van der Waals surface area contributed by atoms with Crippen LogP contribution in [0, 0.1) is 27.7 Å². The first-order valence-corrected chi connectivity index (χ1v) is 19.6. The van der Waals surface area contributed by atoms with Gasteiger partial charge in [-0.15, -0.1) is 0 Å². The van der Waals surface area contributed by atoms with Crippen molar-refractivity contribution in [3.63, 3.8) is 0 Å². The monoisotopic (exact) mass is 748 g/mol. The Bertz CT molecular complexity index is 3080. The number of H-pyrrole nitrogens is 2. The van der Waals surface area contributed by atoms with Crippen LogP contribution >= 0.6 is 0 Å². The van der Waals surface area contributed by atoms with Crippen LogP contribution in [0.25, 0.3) is 102 Å². The number of pyridine rings is 2. The molecule has 8 bridgehead atoms. The van der Waals surface area contributed by atoms with E-state index >= 15 is 0 Å². The highest BCUT2D eigenvalue weighted by Crippen LogP contribution is 2.39. The maximum atomic E-state index is 5.47. The minimum absolute atomic E-state index is 0.797. The van der Waals surface area contributed by atoms with Crippen molar-refractivity contribution < 1.29 is 0 Å². The van der Waals surface area contributed by atoms with Crippen molar-refractivity contribution in [2.45, 2.75) is 27.7 Å². The third-order valence-electron chi connectivity index (χ3n) is 11.0. The molecule has 58 heavy (non-hydrogen) atoms. The Morgan fingerprint density at radius 3 is 1.05 bits per heavy atom. The molecular formula is C52H40N6. The van der Waals surface area contributed by atoms with E-state index in [4.69, 9.17) is 15.0 Å². The number of benzene rings is 3. The summed E-state index contributed by atoms with van der Waals surface area (Å²) in [6.07, 6.45) is 12.3. The Hall–Kier alpha value is -7.44. The van der Waals surface area contributed by atoms with Crippen LogP contribution in [0.2, 0.25) is 0 Å². The van der Waals surface area contributed by atoms with E-state index in [1.807, 2.05) is 18.5 Å². The molecule has 0 radical (unpaired) electrons. The third kappa shape index (κ3) is 6.44. The zero-order valence-electron chi connectivity index (χ0n) is 32.8. The lowest BCUT2D eigenvalue weighted by atomic mass is 10.0. The topological polar surface area (TPSA) is 83.1 Å². The summed E-state index contributed by atoms with van der Waals surface area (Å²) in [5, 5.41) is 0. The number of aryl methyl sites for hydroxylation is 4. The van der Waals surface area contributed by atoms with Crippen molar-refractivity contribution in [1.82, 2.24) is 29.9 Å². The number of nitrogens with one attached hydrogen (secondary N) is 2. The molecule has 0 aliphatic carbocycles. The van der Waals surface area contributed by atoms with Crippen LogP contribution in [-0.4, -0.2) is 29.9 Å². The maximum Gasteiger partial charge on any atom is 0.0892 e. The SMILES string of the molecule is Cc1ccc(-c2c3nc(c(-c4ccc(C)cc4)c4ccc([nH]4)c(-c4ccnc(-c5cc(C)ccn5)c4)c4nc(c(-c5ccc(C)cc5)c5ccc2[nH]5)C=C4)C=C3)cc1. The van der Waals surface area contributed by atoms with E-state index in [1.54, 1.807) is 0 Å². The molecule has 278 valence electrons. The summed E-state index contributed by atoms with van der Waals surface area (Å²) in [6, 6.07) is 43.0. The van der Waals surface area contributed by atoms with Gasteiger partial charge in [-0.25, -0.2) is 9.97 Å². The van der Waals surface area contributed by atoms with Gasteiger partial charge in [-0.1, -0.05) is 89.5 Å². The molecule has 3 aromatic carbocycles. The number of fused-ring (bicyclic) bond motifs is 8. The Labute approximate surface area is 337 Å². The van der Waals surface area contributed by atoms with Gasteiger partial charge in [0.05, 0.1) is 34.2 Å². The molecule has 0 spiro atoms. The molecule has 2 aliphatic rings. The molecule has 7 heterocycles. The van der Waals surface area contributed by atoms with Crippen LogP contribution in [0.1, 0.15) is 45.0 Å². The van der Waals surface area contributed by atoms with Crippen LogP contribution in [0.3, 0.4) is 0 Å². The summed E-state index contributed by atoms with van der Waals surface area (Å²) >= 11 is 0. The van der Waals surface area contributed by atoms with Crippen molar-refractivity contribution in [2.24, 2.45) is 0 Å². The zero-order valence-corrected chi connectivity index (χ0v) is 32.8. The van der Waals surface area contributed by atoms with Gasteiger partial charge < -0.3 is 9.97 Å². The van der Waals surface area contributed by atoms with Crippen molar-refractivity contribution in [3.05, 3.63) is 179 Å². The number of rotatable bonds is 5. The summed E-state index contributed by atoms with van der Waals surface area (Å²) in [4.78, 5) is 28.1. The van der Waals surface area contributed by atoms with Crippen LogP contribution < -0.4 is 0 Å². The molecule has 5 aromatic heterocycles. The number of aromatic nitrogens is 6. The Balaban J connectivity index is 1.35. The van der Waals surface area contributed by atoms with Crippen molar-refractivity contribution in [1.29, 1.82) is 0 Å². The summed E-state index contributed by atoms with van der Waals surface area (Å²) in [6.45, 7) is 8.43. The van der Waals surface area contributed by atoms with E-state index < -0.39 is 0 Å². The number of aromatic amines is 2. The molecule has 0 unspecified atom stereocenters. The highest BCUT2D eigenvalue weighted by molar-refractivity contribution is 6.00. The van der Waals surface area contributed by atoms with Crippen LogP contribution in [0.15, 0.2) is 134 Å². The van der Waals surface area contributed by atoms with E-state index in [0.717, 1.165) is 106 Å². The molecule has 0 atom stereocenters. The van der Waals surface area contributed by atoms with Gasteiger partial charge in [-0.3, -0.25) is 9.97 Å². The first-order valence-electron chi connectivity index (χ1n) is 19.6. The quantitative estimate of drug-likeness (QED) is 0.184. The molecule has 0 saturated carbocycles. The average molecular weight is 749 g/mol. The van der Waals surface area contributed by atoms with E-state index in [-0.39, 0.29) is 0 Å². The van der Waals surface area contributed by atoms with Crippen LogP contribution in [-0.2, 0) is 0 Å². The summed E-state index contributed by atoms with van der Waals surface area (Å²) in [5.74, 6) is 0. The second-order valence-electron chi connectivity index (χ2n) is 15.2. The van der Waals surface area contributed by atoms with E-state index in [2.05, 4.69) is 182 Å². The minimum Gasteiger partial charge on any atom is -0.354 e. The maximum absolute atomic E-state index is 5.47. The standard InChI is InChI=1S/C52H40N6/c1-31-5-11-35(12-6-31)49-39-17-19-41(55-39)50(36-13-7-32(2)8-14-36)43-21-23-45(57-43)52(38-26-28-54-48(30-38)47-29-34(4)25-27-53-47)46-24-22-44(58-46)51(42-20-18-40(49)56-42)37-15-9-33(3)10-16-37/h5-30,55,58H,1-4H3.